The topological polar surface area (TPSA) is 37.8 Å². The lowest BCUT2D eigenvalue weighted by Crippen LogP contribution is -2.19. The second-order valence-corrected chi connectivity index (χ2v) is 6.37. The van der Waals surface area contributed by atoms with E-state index in [1.807, 2.05) is 12.3 Å². The molecule has 0 bridgehead atoms. The van der Waals surface area contributed by atoms with Crippen LogP contribution in [0.25, 0.3) is 0 Å². The molecule has 1 N–H and O–H groups in total. The molecule has 1 aromatic heterocycles. The Balaban J connectivity index is 1.68. The van der Waals surface area contributed by atoms with E-state index >= 15 is 0 Å². The van der Waals surface area contributed by atoms with Crippen LogP contribution in [0, 0.1) is 0 Å². The predicted octanol–water partition coefficient (Wildman–Crippen LogP) is 4.48. The van der Waals surface area contributed by atoms with E-state index < -0.39 is 0 Å². The molecule has 3 rings (SSSR count). The number of aromatic nitrogens is 2. The Bertz CT molecular complexity index is 732. The van der Waals surface area contributed by atoms with Crippen molar-refractivity contribution in [2.75, 3.05) is 0 Å². The van der Waals surface area contributed by atoms with Crippen LogP contribution in [0.2, 0.25) is 0 Å². The van der Waals surface area contributed by atoms with Crippen molar-refractivity contribution in [1.29, 1.82) is 0 Å². The lowest BCUT2D eigenvalue weighted by Gasteiger charge is -2.15. The van der Waals surface area contributed by atoms with E-state index in [1.54, 1.807) is 24.2 Å². The average Bonchev–Trinajstić information content (AvgIpc) is 2.62. The highest BCUT2D eigenvalue weighted by Gasteiger charge is 2.08. The van der Waals surface area contributed by atoms with Gasteiger partial charge in [-0.2, -0.15) is 0 Å². The van der Waals surface area contributed by atoms with Crippen molar-refractivity contribution in [3.05, 3.63) is 84.4 Å². The monoisotopic (exact) mass is 321 g/mol. The van der Waals surface area contributed by atoms with Crippen molar-refractivity contribution in [2.45, 2.75) is 29.3 Å². The van der Waals surface area contributed by atoms with Gasteiger partial charge in [0.05, 0.1) is 5.69 Å². The first-order chi connectivity index (χ1) is 11.3. The predicted molar refractivity (Wildman–Crippen MR) is 94.3 cm³/mol. The van der Waals surface area contributed by atoms with Gasteiger partial charge in [-0.05, 0) is 30.7 Å². The van der Waals surface area contributed by atoms with Gasteiger partial charge in [0.25, 0.3) is 0 Å². The summed E-state index contributed by atoms with van der Waals surface area (Å²) in [6.07, 6.45) is 5.23. The molecule has 0 amide bonds. The summed E-state index contributed by atoms with van der Waals surface area (Å²) in [5.74, 6) is 0. The average molecular weight is 321 g/mol. The van der Waals surface area contributed by atoms with Crippen LogP contribution in [0.1, 0.15) is 24.2 Å². The third kappa shape index (κ3) is 4.41. The highest BCUT2D eigenvalue weighted by atomic mass is 32.2. The van der Waals surface area contributed by atoms with Gasteiger partial charge in [-0.15, -0.1) is 0 Å². The Morgan fingerprint density at radius 2 is 1.78 bits per heavy atom. The van der Waals surface area contributed by atoms with Crippen LogP contribution in [0.15, 0.2) is 83.0 Å². The van der Waals surface area contributed by atoms with Crippen molar-refractivity contribution in [3.63, 3.8) is 0 Å². The van der Waals surface area contributed by atoms with Gasteiger partial charge in [0.2, 0.25) is 0 Å². The minimum Gasteiger partial charge on any atom is -0.305 e. The summed E-state index contributed by atoms with van der Waals surface area (Å²) in [4.78, 5) is 11.0. The zero-order valence-electron chi connectivity index (χ0n) is 13.0. The first kappa shape index (κ1) is 15.7. The fourth-order valence-corrected chi connectivity index (χ4v) is 3.23. The zero-order valence-corrected chi connectivity index (χ0v) is 13.8. The lowest BCUT2D eigenvalue weighted by molar-refractivity contribution is 0.556. The van der Waals surface area contributed by atoms with E-state index in [0.29, 0.717) is 0 Å². The Labute approximate surface area is 141 Å². The summed E-state index contributed by atoms with van der Waals surface area (Å²) < 4.78 is 0. The highest BCUT2D eigenvalue weighted by Crippen LogP contribution is 2.30. The van der Waals surface area contributed by atoms with Gasteiger partial charge in [-0.1, -0.05) is 48.2 Å². The Hall–Kier alpha value is -2.17. The first-order valence-electron chi connectivity index (χ1n) is 7.63. The number of rotatable bonds is 6. The fourth-order valence-electron chi connectivity index (χ4n) is 2.27. The maximum Gasteiger partial charge on any atom is 0.0753 e. The molecule has 1 heterocycles. The molecule has 2 aromatic carbocycles. The number of hydrogen-bond donors (Lipinski definition) is 1. The smallest absolute Gasteiger partial charge is 0.0753 e. The van der Waals surface area contributed by atoms with Crippen LogP contribution in [-0.2, 0) is 6.54 Å². The van der Waals surface area contributed by atoms with Crippen LogP contribution < -0.4 is 5.32 Å². The summed E-state index contributed by atoms with van der Waals surface area (Å²) in [6, 6.07) is 19.1. The third-order valence-electron chi connectivity index (χ3n) is 3.57. The summed E-state index contributed by atoms with van der Waals surface area (Å²) in [6.45, 7) is 2.91. The molecule has 3 nitrogen and oxygen atoms in total. The van der Waals surface area contributed by atoms with E-state index in [-0.39, 0.29) is 6.04 Å². The number of nitrogens with zero attached hydrogens (tertiary/aromatic N) is 2. The van der Waals surface area contributed by atoms with Gasteiger partial charge < -0.3 is 5.32 Å². The minimum absolute atomic E-state index is 0.165. The van der Waals surface area contributed by atoms with E-state index in [9.17, 15) is 0 Å². The molecule has 116 valence electrons. The number of benzene rings is 2. The van der Waals surface area contributed by atoms with Gasteiger partial charge >= 0.3 is 0 Å². The third-order valence-corrected chi connectivity index (χ3v) is 4.70. The zero-order chi connectivity index (χ0) is 15.9. The first-order valence-corrected chi connectivity index (χ1v) is 8.44. The van der Waals surface area contributed by atoms with E-state index in [0.717, 1.165) is 12.2 Å². The van der Waals surface area contributed by atoms with Gasteiger partial charge in [0, 0.05) is 41.0 Å². The van der Waals surface area contributed by atoms with Crippen molar-refractivity contribution in [3.8, 4) is 0 Å². The molecule has 0 spiro atoms. The van der Waals surface area contributed by atoms with Crippen LogP contribution in [0.5, 0.6) is 0 Å². The molecule has 0 aliphatic carbocycles. The SMILES string of the molecule is C[C@@H](NCc1ccccc1Sc1ccccc1)c1cnccn1. The quantitative estimate of drug-likeness (QED) is 0.726. The van der Waals surface area contributed by atoms with Gasteiger partial charge in [0.1, 0.15) is 0 Å². The van der Waals surface area contributed by atoms with Crippen molar-refractivity contribution < 1.29 is 0 Å². The molecule has 0 saturated heterocycles. The molecule has 0 unspecified atom stereocenters. The van der Waals surface area contributed by atoms with Crippen LogP contribution >= 0.6 is 11.8 Å². The van der Waals surface area contributed by atoms with E-state index in [2.05, 4.69) is 70.7 Å². The summed E-state index contributed by atoms with van der Waals surface area (Å²) >= 11 is 1.79. The molecule has 0 aliphatic heterocycles. The van der Waals surface area contributed by atoms with Crippen LogP contribution in [0.3, 0.4) is 0 Å². The molecule has 0 radical (unpaired) electrons. The second-order valence-electron chi connectivity index (χ2n) is 5.26. The van der Waals surface area contributed by atoms with E-state index in [4.69, 9.17) is 0 Å². The van der Waals surface area contributed by atoms with Crippen molar-refractivity contribution >= 4 is 11.8 Å². The fraction of sp³-hybridized carbons (Fsp3) is 0.158. The molecule has 0 saturated carbocycles. The molecular formula is C19H19N3S. The number of hydrogen-bond acceptors (Lipinski definition) is 4. The minimum atomic E-state index is 0.165. The number of nitrogens with one attached hydrogen (secondary N) is 1. The summed E-state index contributed by atoms with van der Waals surface area (Å²) in [5, 5.41) is 3.53. The van der Waals surface area contributed by atoms with Crippen LogP contribution in [0.4, 0.5) is 0 Å². The van der Waals surface area contributed by atoms with Crippen molar-refractivity contribution in [2.24, 2.45) is 0 Å². The molecule has 3 aromatic rings. The summed E-state index contributed by atoms with van der Waals surface area (Å²) in [7, 11) is 0. The standard InChI is InChI=1S/C19H19N3S/c1-15(18-14-20-11-12-21-18)22-13-16-7-5-6-10-19(16)23-17-8-3-2-4-9-17/h2-12,14-15,22H,13H2,1H3/t15-/m1/s1. The van der Waals surface area contributed by atoms with Crippen LogP contribution in [-0.4, -0.2) is 9.97 Å². The lowest BCUT2D eigenvalue weighted by atomic mass is 10.2. The molecular weight excluding hydrogens is 302 g/mol. The van der Waals surface area contributed by atoms with Gasteiger partial charge in [-0.3, -0.25) is 9.97 Å². The molecule has 4 heteroatoms. The maximum atomic E-state index is 4.35. The summed E-state index contributed by atoms with van der Waals surface area (Å²) in [5.41, 5.74) is 2.25. The van der Waals surface area contributed by atoms with Crippen molar-refractivity contribution in [1.82, 2.24) is 15.3 Å². The normalized spacial score (nSPS) is 12.0. The Morgan fingerprint density at radius 1 is 1.00 bits per heavy atom. The molecule has 1 atom stereocenters. The largest absolute Gasteiger partial charge is 0.305 e. The Morgan fingerprint density at radius 3 is 2.57 bits per heavy atom. The maximum absolute atomic E-state index is 4.35. The van der Waals surface area contributed by atoms with Gasteiger partial charge in [-0.25, -0.2) is 0 Å². The molecule has 23 heavy (non-hydrogen) atoms. The highest BCUT2D eigenvalue weighted by molar-refractivity contribution is 7.99. The second kappa shape index (κ2) is 7.90. The van der Waals surface area contributed by atoms with E-state index in [1.165, 1.54) is 15.4 Å². The molecule has 0 aliphatic rings. The van der Waals surface area contributed by atoms with Gasteiger partial charge in [0.15, 0.2) is 0 Å². The molecule has 0 fully saturated rings. The Kier molecular flexibility index (Phi) is 5.40.